The first-order valence-corrected chi connectivity index (χ1v) is 25.7. The molecule has 17 heteroatoms. The van der Waals surface area contributed by atoms with Crippen LogP contribution < -0.4 is 25.6 Å². The number of aromatic nitrogens is 2. The average Bonchev–Trinajstić information content (AvgIpc) is 3.91. The van der Waals surface area contributed by atoms with E-state index in [2.05, 4.69) is 40.2 Å². The zero-order valence-electron chi connectivity index (χ0n) is 40.9. The Kier molecular flexibility index (Phi) is 16.2. The fourth-order valence-corrected chi connectivity index (χ4v) is 11.7. The lowest BCUT2D eigenvalue weighted by atomic mass is 9.86. The molecule has 3 unspecified atom stereocenters. The highest BCUT2D eigenvalue weighted by Gasteiger charge is 2.43. The highest BCUT2D eigenvalue weighted by atomic mass is 16.5. The number of hydrogen-bond donors (Lipinski definition) is 3. The van der Waals surface area contributed by atoms with E-state index < -0.39 is 23.8 Å². The Morgan fingerprint density at radius 1 is 0.803 bits per heavy atom. The van der Waals surface area contributed by atoms with Crippen LogP contribution in [0.25, 0.3) is 11.3 Å². The van der Waals surface area contributed by atoms with Gasteiger partial charge in [-0.25, -0.2) is 4.68 Å². The van der Waals surface area contributed by atoms with E-state index in [9.17, 15) is 28.8 Å². The summed E-state index contributed by atoms with van der Waals surface area (Å²) < 4.78 is 8.12. The first-order valence-electron chi connectivity index (χ1n) is 25.7. The molecule has 3 aromatic carbocycles. The number of fused-ring (bicyclic) bond motifs is 2. The summed E-state index contributed by atoms with van der Waals surface area (Å²) in [4.78, 5) is 85.5. The monoisotopic (exact) mass is 969 g/mol. The van der Waals surface area contributed by atoms with Gasteiger partial charge in [0.25, 0.3) is 11.8 Å². The lowest BCUT2D eigenvalue weighted by Gasteiger charge is -2.42. The number of imide groups is 1. The molecule has 3 saturated heterocycles. The van der Waals surface area contributed by atoms with Crippen LogP contribution in [0.15, 0.2) is 72.8 Å². The van der Waals surface area contributed by atoms with Gasteiger partial charge in [-0.3, -0.25) is 33.8 Å². The minimum atomic E-state index is -1.05. The van der Waals surface area contributed by atoms with Crippen molar-refractivity contribution in [1.82, 2.24) is 40.0 Å². The number of likely N-dealkylation sites (tertiary alicyclic amines) is 2. The number of ether oxygens (including phenoxy) is 1. The van der Waals surface area contributed by atoms with Gasteiger partial charge in [0.1, 0.15) is 35.3 Å². The highest BCUT2D eigenvalue weighted by molar-refractivity contribution is 6.23. The second-order valence-electron chi connectivity index (χ2n) is 19.7. The molecule has 4 aromatic rings. The minimum Gasteiger partial charge on any atom is -0.457 e. The number of benzene rings is 3. The van der Waals surface area contributed by atoms with E-state index in [0.717, 1.165) is 150 Å². The summed E-state index contributed by atoms with van der Waals surface area (Å²) in [5.74, 6) is 2.01. The summed E-state index contributed by atoms with van der Waals surface area (Å²) in [7, 11) is 1.45. The molecule has 0 aliphatic carbocycles. The van der Waals surface area contributed by atoms with Crippen molar-refractivity contribution in [3.05, 3.63) is 89.5 Å². The van der Waals surface area contributed by atoms with Crippen molar-refractivity contribution in [3.63, 3.8) is 0 Å². The maximum absolute atomic E-state index is 13.6. The Hall–Kier alpha value is -6.43. The van der Waals surface area contributed by atoms with Gasteiger partial charge in [-0.2, -0.15) is 5.10 Å². The van der Waals surface area contributed by atoms with Crippen LogP contribution in [0.1, 0.15) is 94.9 Å². The van der Waals surface area contributed by atoms with E-state index in [0.29, 0.717) is 42.0 Å². The molecule has 5 aliphatic heterocycles. The third-order valence-electron chi connectivity index (χ3n) is 15.6. The fraction of sp³-hybridized carbons (Fsp3) is 0.500. The number of para-hydroxylation sites is 1. The largest absolute Gasteiger partial charge is 0.457 e. The molecular formula is C54H68N10O7. The number of hydrogen-bond acceptors (Lipinski definition) is 13. The van der Waals surface area contributed by atoms with E-state index in [1.54, 1.807) is 12.1 Å². The summed E-state index contributed by atoms with van der Waals surface area (Å²) in [6.07, 6.45) is 10.0. The van der Waals surface area contributed by atoms with Crippen LogP contribution in [0.5, 0.6) is 11.5 Å². The quantitative estimate of drug-likeness (QED) is 0.0554. The third kappa shape index (κ3) is 11.2. The van der Waals surface area contributed by atoms with Crippen LogP contribution in [0.4, 0.5) is 11.5 Å². The lowest BCUT2D eigenvalue weighted by Crippen LogP contribution is -2.52. The SMILES string of the molecule is CNC(=O)C(CCC=O)N1C(=O)c2ccc(N3CCN(C(CCNC=O)CCN4CCC(CN5CCC(C6CCNc7c(C=O)c(-c8ccc(Oc9ccccc9)cc8)nn76)CC5)CC4)CC3)cc2C1=O. The number of carbonyl (C=O) groups is 6. The van der Waals surface area contributed by atoms with Gasteiger partial charge >= 0.3 is 0 Å². The minimum absolute atomic E-state index is 0.0567. The van der Waals surface area contributed by atoms with Crippen LogP contribution in [0, 0.1) is 11.8 Å². The van der Waals surface area contributed by atoms with Crippen LogP contribution in [-0.4, -0.2) is 164 Å². The van der Waals surface area contributed by atoms with Gasteiger partial charge < -0.3 is 40.2 Å². The van der Waals surface area contributed by atoms with Crippen molar-refractivity contribution in [2.24, 2.45) is 11.8 Å². The Labute approximate surface area is 416 Å². The lowest BCUT2D eigenvalue weighted by molar-refractivity contribution is -0.124. The van der Waals surface area contributed by atoms with E-state index in [1.165, 1.54) is 19.9 Å². The van der Waals surface area contributed by atoms with Crippen LogP contribution in [0.3, 0.4) is 0 Å². The number of nitrogens with one attached hydrogen (secondary N) is 3. The summed E-state index contributed by atoms with van der Waals surface area (Å²) in [5, 5.41) is 14.0. The number of rotatable bonds is 21. The van der Waals surface area contributed by atoms with Gasteiger partial charge in [0.15, 0.2) is 6.29 Å². The number of likely N-dealkylation sites (N-methyl/N-ethyl adjacent to an activating group) is 1. The molecule has 3 fully saturated rings. The Bertz CT molecular complexity index is 2490. The Balaban J connectivity index is 0.729. The molecule has 0 bridgehead atoms. The van der Waals surface area contributed by atoms with Crippen LogP contribution >= 0.6 is 0 Å². The summed E-state index contributed by atoms with van der Waals surface area (Å²) in [6.45, 7) is 11.1. The smallest absolute Gasteiger partial charge is 0.262 e. The molecule has 9 rings (SSSR count). The molecule has 3 N–H and O–H groups in total. The highest BCUT2D eigenvalue weighted by Crippen LogP contribution is 2.40. The maximum atomic E-state index is 13.6. The number of carbonyl (C=O) groups excluding carboxylic acids is 6. The van der Waals surface area contributed by atoms with Crippen molar-refractivity contribution in [2.75, 3.05) is 95.8 Å². The Morgan fingerprint density at radius 2 is 1.52 bits per heavy atom. The topological polar surface area (TPSA) is 182 Å². The number of piperidine rings is 2. The second-order valence-corrected chi connectivity index (χ2v) is 19.7. The van der Waals surface area contributed by atoms with E-state index in [4.69, 9.17) is 9.84 Å². The van der Waals surface area contributed by atoms with Gasteiger partial charge in [-0.05, 0) is 151 Å². The third-order valence-corrected chi connectivity index (χ3v) is 15.6. The molecule has 0 radical (unpaired) electrons. The van der Waals surface area contributed by atoms with Gasteiger partial charge in [0.2, 0.25) is 12.3 Å². The predicted octanol–water partition coefficient (Wildman–Crippen LogP) is 5.34. The number of nitrogens with zero attached hydrogens (tertiary/aromatic N) is 7. The molecule has 3 atom stereocenters. The van der Waals surface area contributed by atoms with Crippen molar-refractivity contribution >= 4 is 48.2 Å². The molecule has 0 saturated carbocycles. The van der Waals surface area contributed by atoms with Crippen LogP contribution in [0.2, 0.25) is 0 Å². The average molecular weight is 969 g/mol. The molecule has 5 aliphatic rings. The first-order chi connectivity index (χ1) is 34.8. The molecule has 6 heterocycles. The standard InChI is InChI=1S/C54H68N10O7/c1-55-52(68)49(8-5-33-65)63-53(69)45-14-11-42(34-46(45)54(63)70)62-31-29-61(30-32-62)41(15-22-56-37-67)21-28-59-24-17-38(18-25-59)35-60-26-19-39(20-27-60)48-16-23-57-51-47(36-66)50(58-64(48)51)40-9-12-44(13-10-40)71-43-6-3-2-4-7-43/h2-4,6-7,9-14,33-34,36-39,41,48-49,57H,5,8,15-32,35H2,1H3,(H,55,68)(H,56,67). The van der Waals surface area contributed by atoms with Crippen molar-refractivity contribution in [2.45, 2.75) is 75.9 Å². The molecule has 4 amide bonds. The van der Waals surface area contributed by atoms with Crippen molar-refractivity contribution in [1.29, 1.82) is 0 Å². The molecule has 1 aromatic heterocycles. The van der Waals surface area contributed by atoms with E-state index in [-0.39, 0.29) is 30.0 Å². The van der Waals surface area contributed by atoms with Crippen LogP contribution in [-0.2, 0) is 14.4 Å². The number of piperazine rings is 1. The predicted molar refractivity (Wildman–Crippen MR) is 271 cm³/mol. The molecule has 0 spiro atoms. The summed E-state index contributed by atoms with van der Waals surface area (Å²) in [6, 6.07) is 22.3. The van der Waals surface area contributed by atoms with Gasteiger partial charge in [0, 0.05) is 76.6 Å². The zero-order chi connectivity index (χ0) is 49.3. The van der Waals surface area contributed by atoms with Crippen molar-refractivity contribution < 1.29 is 33.5 Å². The summed E-state index contributed by atoms with van der Waals surface area (Å²) in [5.41, 5.74) is 3.62. The van der Waals surface area contributed by atoms with Crippen molar-refractivity contribution in [3.8, 4) is 22.8 Å². The zero-order valence-corrected chi connectivity index (χ0v) is 40.9. The second kappa shape index (κ2) is 23.2. The normalized spacial score (nSPS) is 20.2. The molecule has 376 valence electrons. The fourth-order valence-electron chi connectivity index (χ4n) is 11.7. The molecule has 17 nitrogen and oxygen atoms in total. The number of aldehydes is 2. The molecule has 71 heavy (non-hydrogen) atoms. The summed E-state index contributed by atoms with van der Waals surface area (Å²) >= 11 is 0. The number of amides is 4. The Morgan fingerprint density at radius 3 is 2.23 bits per heavy atom. The molecular weight excluding hydrogens is 901 g/mol. The van der Waals surface area contributed by atoms with Gasteiger partial charge in [-0.1, -0.05) is 18.2 Å². The van der Waals surface area contributed by atoms with E-state index in [1.807, 2.05) is 60.7 Å². The van der Waals surface area contributed by atoms with Gasteiger partial charge in [0.05, 0.1) is 22.7 Å². The maximum Gasteiger partial charge on any atom is 0.262 e. The number of anilines is 2. The van der Waals surface area contributed by atoms with E-state index >= 15 is 0 Å². The first kappa shape index (κ1) is 49.5. The van der Waals surface area contributed by atoms with Gasteiger partial charge in [-0.15, -0.1) is 0 Å².